The first-order valence-electron chi connectivity index (χ1n) is 8.85. The lowest BCUT2D eigenvalue weighted by Gasteiger charge is -2.09. The maximum absolute atomic E-state index is 9.44. The highest BCUT2D eigenvalue weighted by atomic mass is 16.5. The van der Waals surface area contributed by atoms with E-state index in [2.05, 4.69) is 25.4 Å². The predicted octanol–water partition coefficient (Wildman–Crippen LogP) is 4.13. The Balaban J connectivity index is 1.60. The van der Waals surface area contributed by atoms with E-state index in [1.54, 1.807) is 12.1 Å². The molecule has 0 aliphatic heterocycles. The fourth-order valence-electron chi connectivity index (χ4n) is 2.89. The summed E-state index contributed by atoms with van der Waals surface area (Å²) in [5.74, 6) is 1.19. The normalized spacial score (nSPS) is 10.8. The largest absolute Gasteiger partial charge is 0.506 e. The van der Waals surface area contributed by atoms with Crippen molar-refractivity contribution in [2.75, 3.05) is 5.32 Å². The second kappa shape index (κ2) is 7.48. The number of hydrogen-bond acceptors (Lipinski definition) is 7. The molecule has 4 rings (SSSR count). The summed E-state index contributed by atoms with van der Waals surface area (Å²) in [7, 11) is 0. The van der Waals surface area contributed by atoms with Gasteiger partial charge < -0.3 is 14.9 Å². The van der Waals surface area contributed by atoms with Crippen LogP contribution in [0.2, 0.25) is 0 Å². The van der Waals surface area contributed by atoms with E-state index < -0.39 is 0 Å². The predicted molar refractivity (Wildman–Crippen MR) is 106 cm³/mol. The monoisotopic (exact) mass is 373 g/mol. The summed E-state index contributed by atoms with van der Waals surface area (Å²) in [5.41, 5.74) is 4.99. The van der Waals surface area contributed by atoms with Gasteiger partial charge >= 0.3 is 0 Å². The Labute approximate surface area is 162 Å². The van der Waals surface area contributed by atoms with Crippen molar-refractivity contribution in [2.45, 2.75) is 20.4 Å². The zero-order chi connectivity index (χ0) is 19.5. The first kappa shape index (κ1) is 17.7. The first-order valence-corrected chi connectivity index (χ1v) is 8.85. The van der Waals surface area contributed by atoms with Gasteiger partial charge in [-0.25, -0.2) is 15.0 Å². The fourth-order valence-corrected chi connectivity index (χ4v) is 2.89. The van der Waals surface area contributed by atoms with E-state index in [1.165, 1.54) is 6.20 Å². The minimum absolute atomic E-state index is 0.0984. The van der Waals surface area contributed by atoms with Crippen molar-refractivity contribution in [2.24, 2.45) is 0 Å². The van der Waals surface area contributed by atoms with Crippen LogP contribution in [0.5, 0.6) is 5.75 Å². The fraction of sp³-hybridized carbons (Fsp3) is 0.143. The molecule has 0 radical (unpaired) electrons. The summed E-state index contributed by atoms with van der Waals surface area (Å²) in [6, 6.07) is 15.2. The molecule has 28 heavy (non-hydrogen) atoms. The number of anilines is 1. The zero-order valence-corrected chi connectivity index (χ0v) is 15.5. The van der Waals surface area contributed by atoms with E-state index >= 15 is 0 Å². The number of benzene rings is 1. The average molecular weight is 373 g/mol. The number of aromatic hydroxyl groups is 1. The lowest BCUT2D eigenvalue weighted by atomic mass is 10.1. The molecule has 7 nitrogen and oxygen atoms in total. The summed E-state index contributed by atoms with van der Waals surface area (Å²) in [6.45, 7) is 4.25. The third kappa shape index (κ3) is 3.68. The first-order chi connectivity index (χ1) is 13.6. The average Bonchev–Trinajstić information content (AvgIpc) is 3.08. The van der Waals surface area contributed by atoms with Gasteiger partial charge in [-0.15, -0.1) is 0 Å². The Morgan fingerprint density at radius 1 is 1.00 bits per heavy atom. The molecule has 140 valence electrons. The molecule has 0 saturated carbocycles. The summed E-state index contributed by atoms with van der Waals surface area (Å²) in [6.07, 6.45) is 1.38. The van der Waals surface area contributed by atoms with Gasteiger partial charge in [0.25, 0.3) is 0 Å². The third-order valence-corrected chi connectivity index (χ3v) is 4.31. The molecule has 0 amide bonds. The van der Waals surface area contributed by atoms with E-state index in [4.69, 9.17) is 4.52 Å². The lowest BCUT2D eigenvalue weighted by Crippen LogP contribution is -2.06. The molecule has 0 aliphatic rings. The van der Waals surface area contributed by atoms with Crippen molar-refractivity contribution >= 4 is 5.95 Å². The van der Waals surface area contributed by atoms with Crippen LogP contribution in [0.1, 0.15) is 17.0 Å². The molecule has 0 unspecified atom stereocenters. The molecule has 7 heteroatoms. The molecule has 0 atom stereocenters. The van der Waals surface area contributed by atoms with Crippen LogP contribution in [0.4, 0.5) is 5.95 Å². The van der Waals surface area contributed by atoms with Gasteiger partial charge in [-0.1, -0.05) is 35.5 Å². The number of pyridine rings is 1. The number of nitrogens with zero attached hydrogens (tertiary/aromatic N) is 4. The molecular formula is C21H19N5O2. The van der Waals surface area contributed by atoms with Crippen molar-refractivity contribution in [3.63, 3.8) is 0 Å². The van der Waals surface area contributed by atoms with E-state index in [0.717, 1.165) is 28.2 Å². The van der Waals surface area contributed by atoms with Crippen molar-refractivity contribution in [1.29, 1.82) is 0 Å². The van der Waals surface area contributed by atoms with Crippen molar-refractivity contribution in [3.05, 3.63) is 71.7 Å². The van der Waals surface area contributed by atoms with Gasteiger partial charge in [0.15, 0.2) is 5.76 Å². The number of nitrogens with one attached hydrogen (secondary N) is 1. The molecule has 1 aromatic carbocycles. The van der Waals surface area contributed by atoms with Gasteiger partial charge in [-0.2, -0.15) is 0 Å². The Hall–Kier alpha value is -3.74. The Morgan fingerprint density at radius 2 is 1.82 bits per heavy atom. The summed E-state index contributed by atoms with van der Waals surface area (Å²) >= 11 is 0. The summed E-state index contributed by atoms with van der Waals surface area (Å²) in [4.78, 5) is 13.3. The Morgan fingerprint density at radius 3 is 2.57 bits per heavy atom. The quantitative estimate of drug-likeness (QED) is 0.543. The second-order valence-corrected chi connectivity index (χ2v) is 6.42. The minimum atomic E-state index is 0.0984. The summed E-state index contributed by atoms with van der Waals surface area (Å²) in [5, 5.41) is 16.8. The molecule has 3 aromatic heterocycles. The maximum Gasteiger partial charge on any atom is 0.223 e. The van der Waals surface area contributed by atoms with Gasteiger partial charge in [-0.3, -0.25) is 0 Å². The highest BCUT2D eigenvalue weighted by Gasteiger charge is 2.16. The van der Waals surface area contributed by atoms with E-state index in [-0.39, 0.29) is 5.75 Å². The molecular weight excluding hydrogens is 354 g/mol. The lowest BCUT2D eigenvalue weighted by molar-refractivity contribution is 0.425. The standard InChI is InChI=1S/C21H19N5O2/c1-13-10-19(15-6-4-3-5-7-15)25-21(24-13)23-12-17-14(2)26-28-20(17)18-9-8-16(27)11-22-18/h3-11,27H,12H2,1-2H3,(H,23,24,25). The number of hydrogen-bond donors (Lipinski definition) is 2. The van der Waals surface area contributed by atoms with Crippen LogP contribution in [0.3, 0.4) is 0 Å². The van der Waals surface area contributed by atoms with Crippen molar-refractivity contribution in [3.8, 4) is 28.5 Å². The van der Waals surface area contributed by atoms with Gasteiger partial charge in [0, 0.05) is 23.4 Å². The molecule has 2 N–H and O–H groups in total. The van der Waals surface area contributed by atoms with Crippen LogP contribution >= 0.6 is 0 Å². The van der Waals surface area contributed by atoms with Gasteiger partial charge in [0.1, 0.15) is 11.4 Å². The van der Waals surface area contributed by atoms with Crippen LogP contribution in [-0.2, 0) is 6.54 Å². The van der Waals surface area contributed by atoms with Crippen LogP contribution < -0.4 is 5.32 Å². The van der Waals surface area contributed by atoms with E-state index in [9.17, 15) is 5.11 Å². The Bertz CT molecular complexity index is 1090. The minimum Gasteiger partial charge on any atom is -0.506 e. The molecule has 0 bridgehead atoms. The smallest absolute Gasteiger partial charge is 0.223 e. The number of rotatable bonds is 5. The molecule has 0 saturated heterocycles. The van der Waals surface area contributed by atoms with Crippen LogP contribution in [0.15, 0.2) is 59.3 Å². The van der Waals surface area contributed by atoms with Crippen LogP contribution in [-0.4, -0.2) is 25.2 Å². The van der Waals surface area contributed by atoms with E-state index in [0.29, 0.717) is 23.9 Å². The summed E-state index contributed by atoms with van der Waals surface area (Å²) < 4.78 is 5.45. The number of aryl methyl sites for hydroxylation is 2. The molecule has 4 aromatic rings. The molecule has 0 fully saturated rings. The maximum atomic E-state index is 9.44. The second-order valence-electron chi connectivity index (χ2n) is 6.42. The highest BCUT2D eigenvalue weighted by molar-refractivity contribution is 5.61. The number of aromatic nitrogens is 4. The topological polar surface area (TPSA) is 97.0 Å². The van der Waals surface area contributed by atoms with Gasteiger partial charge in [0.2, 0.25) is 5.95 Å². The van der Waals surface area contributed by atoms with Crippen molar-refractivity contribution < 1.29 is 9.63 Å². The highest BCUT2D eigenvalue weighted by Crippen LogP contribution is 2.26. The molecule has 0 aliphatic carbocycles. The van der Waals surface area contributed by atoms with Gasteiger partial charge in [-0.05, 0) is 32.0 Å². The Kier molecular flexibility index (Phi) is 4.72. The van der Waals surface area contributed by atoms with Crippen molar-refractivity contribution in [1.82, 2.24) is 20.1 Å². The third-order valence-electron chi connectivity index (χ3n) is 4.31. The molecule has 0 spiro atoms. The SMILES string of the molecule is Cc1cc(-c2ccccc2)nc(NCc2c(C)noc2-c2ccc(O)cn2)n1. The van der Waals surface area contributed by atoms with E-state index in [1.807, 2.05) is 50.2 Å². The van der Waals surface area contributed by atoms with Crippen LogP contribution in [0.25, 0.3) is 22.7 Å². The zero-order valence-electron chi connectivity index (χ0n) is 15.5. The van der Waals surface area contributed by atoms with Crippen LogP contribution in [0, 0.1) is 13.8 Å². The molecule has 3 heterocycles. The van der Waals surface area contributed by atoms with Gasteiger partial charge in [0.05, 0.1) is 17.6 Å².